The van der Waals surface area contributed by atoms with E-state index in [1.165, 1.54) is 9.80 Å². The maximum Gasteiger partial charge on any atom is 0.185 e. The number of allylic oxidation sites excluding steroid dienone is 6. The van der Waals surface area contributed by atoms with E-state index in [0.717, 1.165) is 24.0 Å². The molecule has 3 nitrogen and oxygen atoms in total. The van der Waals surface area contributed by atoms with Crippen LogP contribution in [0.4, 0.5) is 0 Å². The number of carbonyl (C=O) groups excluding carboxylic acids is 1. The zero-order valence-corrected chi connectivity index (χ0v) is 11.8. The summed E-state index contributed by atoms with van der Waals surface area (Å²) < 4.78 is 0. The van der Waals surface area contributed by atoms with E-state index in [1.54, 1.807) is 0 Å². The number of nitrogens with one attached hydrogen (secondary N) is 2. The Morgan fingerprint density at radius 1 is 0.833 bits per heavy atom. The normalized spacial score (nSPS) is 21.8. The van der Waals surface area contributed by atoms with Crippen LogP contribution in [-0.2, 0) is 4.79 Å². The van der Waals surface area contributed by atoms with E-state index >= 15 is 0 Å². The molecule has 98 valence electrons. The molecule has 0 radical (unpaired) electrons. The van der Waals surface area contributed by atoms with Gasteiger partial charge in [0.15, 0.2) is 5.78 Å². The lowest BCUT2D eigenvalue weighted by Crippen LogP contribution is -3.00. The Morgan fingerprint density at radius 3 is 1.56 bits per heavy atom. The van der Waals surface area contributed by atoms with Crippen LogP contribution in [0.2, 0.25) is 0 Å². The molecule has 1 rings (SSSR count). The first kappa shape index (κ1) is 14.6. The van der Waals surface area contributed by atoms with Gasteiger partial charge in [0.05, 0.1) is 40.6 Å². The number of carbonyl (C=O) groups is 1. The zero-order valence-electron chi connectivity index (χ0n) is 11.8. The Balaban J connectivity index is 2.67. The Labute approximate surface area is 110 Å². The van der Waals surface area contributed by atoms with Gasteiger partial charge in [-0.25, -0.2) is 0 Å². The van der Waals surface area contributed by atoms with Crippen molar-refractivity contribution in [2.75, 3.05) is 28.2 Å². The van der Waals surface area contributed by atoms with Gasteiger partial charge in [0.1, 0.15) is 0 Å². The van der Waals surface area contributed by atoms with Gasteiger partial charge in [0.2, 0.25) is 0 Å². The number of Topliss-reactive ketones (excluding diaryl/α,β-unsaturated/α-hetero) is 1. The van der Waals surface area contributed by atoms with E-state index in [4.69, 9.17) is 0 Å². The summed E-state index contributed by atoms with van der Waals surface area (Å²) in [5.41, 5.74) is 1.84. The van der Waals surface area contributed by atoms with Crippen LogP contribution in [0.5, 0.6) is 0 Å². The van der Waals surface area contributed by atoms with E-state index in [1.807, 2.05) is 64.9 Å². The highest BCUT2D eigenvalue weighted by molar-refractivity contribution is 6.10. The summed E-state index contributed by atoms with van der Waals surface area (Å²) in [7, 11) is 8.19. The molecule has 3 heteroatoms. The summed E-state index contributed by atoms with van der Waals surface area (Å²) >= 11 is 0. The fraction of sp³-hybridized carbons (Fsp3) is 0.400. The van der Waals surface area contributed by atoms with Crippen molar-refractivity contribution in [3.63, 3.8) is 0 Å². The predicted molar refractivity (Wildman–Crippen MR) is 74.3 cm³/mol. The first-order chi connectivity index (χ1) is 8.50. The van der Waals surface area contributed by atoms with Gasteiger partial charge in [0.25, 0.3) is 0 Å². The second-order valence-electron chi connectivity index (χ2n) is 5.09. The average molecular weight is 248 g/mol. The molecule has 0 aromatic heterocycles. The van der Waals surface area contributed by atoms with E-state index in [9.17, 15) is 4.79 Å². The van der Waals surface area contributed by atoms with Gasteiger partial charge < -0.3 is 9.80 Å². The summed E-state index contributed by atoms with van der Waals surface area (Å²) in [5.74, 6) is 0.201. The quantitative estimate of drug-likeness (QED) is 0.646. The van der Waals surface area contributed by atoms with Crippen LogP contribution >= 0.6 is 0 Å². The molecule has 0 aliphatic heterocycles. The lowest BCUT2D eigenvalue weighted by Gasteiger charge is -1.96. The van der Waals surface area contributed by atoms with E-state index in [0.29, 0.717) is 0 Å². The smallest absolute Gasteiger partial charge is 0.185 e. The van der Waals surface area contributed by atoms with Crippen molar-refractivity contribution in [1.82, 2.24) is 0 Å². The van der Waals surface area contributed by atoms with Gasteiger partial charge in [-0.3, -0.25) is 4.79 Å². The highest BCUT2D eigenvalue weighted by Crippen LogP contribution is 2.25. The highest BCUT2D eigenvalue weighted by Gasteiger charge is 2.21. The van der Waals surface area contributed by atoms with E-state index in [-0.39, 0.29) is 5.78 Å². The van der Waals surface area contributed by atoms with Crippen molar-refractivity contribution in [3.8, 4) is 0 Å². The Bertz CT molecular complexity index is 374. The molecule has 1 fully saturated rings. The summed E-state index contributed by atoms with van der Waals surface area (Å²) in [6, 6.07) is 0. The number of rotatable bonds is 4. The third-order valence-corrected chi connectivity index (χ3v) is 2.70. The maximum atomic E-state index is 12.0. The molecule has 0 unspecified atom stereocenters. The molecule has 0 aromatic rings. The van der Waals surface area contributed by atoms with Crippen LogP contribution in [0.1, 0.15) is 12.8 Å². The number of hydrogen-bond acceptors (Lipinski definition) is 1. The van der Waals surface area contributed by atoms with E-state index in [2.05, 4.69) is 0 Å². The molecular weight excluding hydrogens is 224 g/mol. The third kappa shape index (κ3) is 4.82. The Kier molecular flexibility index (Phi) is 5.75. The van der Waals surface area contributed by atoms with Gasteiger partial charge in [-0.05, 0) is 37.1 Å². The van der Waals surface area contributed by atoms with Crippen molar-refractivity contribution in [3.05, 3.63) is 47.9 Å². The van der Waals surface area contributed by atoms with Crippen molar-refractivity contribution in [2.45, 2.75) is 12.8 Å². The summed E-state index contributed by atoms with van der Waals surface area (Å²) in [4.78, 5) is 14.5. The molecule has 0 saturated heterocycles. The molecule has 0 atom stereocenters. The van der Waals surface area contributed by atoms with Crippen LogP contribution in [-0.4, -0.2) is 34.0 Å². The van der Waals surface area contributed by atoms with Gasteiger partial charge in [0, 0.05) is 11.1 Å². The van der Waals surface area contributed by atoms with Gasteiger partial charge in [-0.15, -0.1) is 0 Å². The average Bonchev–Trinajstić information content (AvgIpc) is 2.60. The van der Waals surface area contributed by atoms with Crippen LogP contribution in [0.15, 0.2) is 47.9 Å². The summed E-state index contributed by atoms with van der Waals surface area (Å²) in [6.45, 7) is 0. The Hall–Kier alpha value is -1.45. The highest BCUT2D eigenvalue weighted by atomic mass is 16.1. The first-order valence-electron chi connectivity index (χ1n) is 6.40. The fourth-order valence-electron chi connectivity index (χ4n) is 1.73. The van der Waals surface area contributed by atoms with Crippen LogP contribution in [0.3, 0.4) is 0 Å². The summed E-state index contributed by atoms with van der Waals surface area (Å²) in [5, 5.41) is 0. The molecule has 0 spiro atoms. The predicted octanol–water partition coefficient (Wildman–Crippen LogP) is -0.481. The molecule has 1 aliphatic rings. The van der Waals surface area contributed by atoms with Crippen molar-refractivity contribution in [2.24, 2.45) is 0 Å². The molecule has 18 heavy (non-hydrogen) atoms. The monoisotopic (exact) mass is 248 g/mol. The Morgan fingerprint density at radius 2 is 1.22 bits per heavy atom. The molecule has 0 amide bonds. The molecule has 0 bridgehead atoms. The molecule has 2 N–H and O–H groups in total. The minimum Gasteiger partial charge on any atom is -0.314 e. The third-order valence-electron chi connectivity index (χ3n) is 2.70. The van der Waals surface area contributed by atoms with Gasteiger partial charge >= 0.3 is 0 Å². The molecule has 0 heterocycles. The minimum absolute atomic E-state index is 0.201. The van der Waals surface area contributed by atoms with Crippen molar-refractivity contribution in [1.29, 1.82) is 0 Å². The molecular formula is C15H24N2O+2. The number of hydrogen-bond donors (Lipinski definition) is 2. The topological polar surface area (TPSA) is 26.0 Å². The molecule has 0 aromatic carbocycles. The van der Waals surface area contributed by atoms with Gasteiger partial charge in [-0.2, -0.15) is 0 Å². The van der Waals surface area contributed by atoms with Crippen molar-refractivity contribution < 1.29 is 14.6 Å². The molecule has 1 aliphatic carbocycles. The maximum absolute atomic E-state index is 12.0. The standard InChI is InChI=1S/C15H22N2O/c1-16(2)11-5-7-13-9-10-14(15(13)18)8-6-12-17(3)4/h5-8,11-12H,9-10H2,1-4H3/p+2/b11-5+,12-6+,13-7+,14-8+. The van der Waals surface area contributed by atoms with E-state index < -0.39 is 0 Å². The minimum atomic E-state index is 0.201. The number of quaternary nitrogens is 2. The zero-order chi connectivity index (χ0) is 13.5. The second-order valence-corrected chi connectivity index (χ2v) is 5.09. The fourth-order valence-corrected chi connectivity index (χ4v) is 1.73. The lowest BCUT2D eigenvalue weighted by atomic mass is 10.1. The van der Waals surface area contributed by atoms with Crippen LogP contribution < -0.4 is 9.80 Å². The van der Waals surface area contributed by atoms with Crippen LogP contribution in [0.25, 0.3) is 0 Å². The van der Waals surface area contributed by atoms with Crippen LogP contribution in [0, 0.1) is 0 Å². The SMILES string of the molecule is C[NH+](C)/C=C/C=C1\CC/C(=C\C=C\[NH+](C)C)C1=O. The second kappa shape index (κ2) is 7.09. The van der Waals surface area contributed by atoms with Gasteiger partial charge in [-0.1, -0.05) is 0 Å². The number of ketones is 1. The van der Waals surface area contributed by atoms with Crippen molar-refractivity contribution >= 4 is 5.78 Å². The largest absolute Gasteiger partial charge is 0.314 e. The lowest BCUT2D eigenvalue weighted by molar-refractivity contribution is -0.801. The first-order valence-corrected chi connectivity index (χ1v) is 6.40. The molecule has 1 saturated carbocycles. The summed E-state index contributed by atoms with van der Waals surface area (Å²) in [6.07, 6.45) is 13.6.